The summed E-state index contributed by atoms with van der Waals surface area (Å²) < 4.78 is 5.93. The minimum Gasteiger partial charge on any atom is -0.465 e. The molecule has 0 spiro atoms. The van der Waals surface area contributed by atoms with Crippen LogP contribution in [0.1, 0.15) is 16.1 Å². The van der Waals surface area contributed by atoms with Gasteiger partial charge in [0, 0.05) is 28.0 Å². The molecule has 0 saturated carbocycles. The first-order valence-corrected chi connectivity index (χ1v) is 9.08. The molecule has 0 saturated heterocycles. The van der Waals surface area contributed by atoms with Gasteiger partial charge in [0.2, 0.25) is 5.91 Å². The molecule has 3 aromatic rings. The predicted octanol–water partition coefficient (Wildman–Crippen LogP) is 3.30. The third-order valence-corrected chi connectivity index (χ3v) is 4.35. The van der Waals surface area contributed by atoms with E-state index in [9.17, 15) is 14.4 Å². The Morgan fingerprint density at radius 3 is 2.52 bits per heavy atom. The van der Waals surface area contributed by atoms with Crippen LogP contribution in [0.2, 0.25) is 5.02 Å². The lowest BCUT2D eigenvalue weighted by Gasteiger charge is -2.13. The highest BCUT2D eigenvalue weighted by molar-refractivity contribution is 6.30. The molecule has 8 heteroatoms. The van der Waals surface area contributed by atoms with E-state index < -0.39 is 11.9 Å². The first-order valence-electron chi connectivity index (χ1n) is 8.70. The van der Waals surface area contributed by atoms with E-state index in [4.69, 9.17) is 11.6 Å². The molecular formula is C21H18ClN3O4. The lowest BCUT2D eigenvalue weighted by molar-refractivity contribution is -0.116. The molecule has 0 atom stereocenters. The molecule has 3 rings (SSSR count). The number of hydrogen-bond acceptors (Lipinski definition) is 5. The second-order valence-electron chi connectivity index (χ2n) is 6.27. The fraction of sp³-hybridized carbons (Fsp3) is 0.143. The number of methoxy groups -OCH3 is 1. The molecule has 148 valence electrons. The van der Waals surface area contributed by atoms with Gasteiger partial charge in [0.1, 0.15) is 12.4 Å². The van der Waals surface area contributed by atoms with Gasteiger partial charge in [-0.05, 0) is 43.3 Å². The second-order valence-corrected chi connectivity index (χ2v) is 6.71. The zero-order chi connectivity index (χ0) is 21.0. The highest BCUT2D eigenvalue weighted by atomic mass is 35.5. The molecular weight excluding hydrogens is 394 g/mol. The molecule has 7 nitrogen and oxygen atoms in total. The van der Waals surface area contributed by atoms with Crippen molar-refractivity contribution < 1.29 is 14.3 Å². The summed E-state index contributed by atoms with van der Waals surface area (Å²) in [5.41, 5.74) is 1.69. The number of carbonyl (C=O) groups excluding carboxylic acids is 2. The van der Waals surface area contributed by atoms with Gasteiger partial charge in [-0.15, -0.1) is 0 Å². The number of ether oxygens (including phenoxy) is 1. The summed E-state index contributed by atoms with van der Waals surface area (Å²) in [6.45, 7) is 1.48. The summed E-state index contributed by atoms with van der Waals surface area (Å²) >= 11 is 6.06. The van der Waals surface area contributed by atoms with Gasteiger partial charge in [0.05, 0.1) is 12.7 Å². The standard InChI is InChI=1S/C21H18ClN3O4/c1-13-10-19(27)25(20(23-13)15-4-3-5-16(22)11-15)12-18(26)24-17-8-6-14(7-9-17)21(28)29-2/h3-11H,12H2,1-2H3,(H,24,26). The fourth-order valence-electron chi connectivity index (χ4n) is 2.77. The Kier molecular flexibility index (Phi) is 6.09. The Labute approximate surface area is 171 Å². The maximum Gasteiger partial charge on any atom is 0.337 e. The van der Waals surface area contributed by atoms with Gasteiger partial charge in [-0.3, -0.25) is 14.2 Å². The van der Waals surface area contributed by atoms with Crippen molar-refractivity contribution >= 4 is 29.2 Å². The van der Waals surface area contributed by atoms with Crippen LogP contribution < -0.4 is 10.9 Å². The van der Waals surface area contributed by atoms with Crippen molar-refractivity contribution in [2.75, 3.05) is 12.4 Å². The van der Waals surface area contributed by atoms with Crippen LogP contribution in [-0.4, -0.2) is 28.5 Å². The van der Waals surface area contributed by atoms with Crippen molar-refractivity contribution in [3.8, 4) is 11.4 Å². The maximum absolute atomic E-state index is 12.5. The van der Waals surface area contributed by atoms with Gasteiger partial charge in [-0.2, -0.15) is 0 Å². The number of anilines is 1. The molecule has 0 aliphatic rings. The van der Waals surface area contributed by atoms with Crippen LogP contribution in [0.15, 0.2) is 59.4 Å². The summed E-state index contributed by atoms with van der Waals surface area (Å²) in [5, 5.41) is 3.20. The third-order valence-electron chi connectivity index (χ3n) is 4.11. The van der Waals surface area contributed by atoms with E-state index in [1.54, 1.807) is 55.5 Å². The lowest BCUT2D eigenvalue weighted by atomic mass is 10.2. The van der Waals surface area contributed by atoms with E-state index in [1.165, 1.54) is 17.7 Å². The molecule has 0 fully saturated rings. The molecule has 0 unspecified atom stereocenters. The number of benzene rings is 2. The minimum atomic E-state index is -0.466. The van der Waals surface area contributed by atoms with E-state index in [2.05, 4.69) is 15.0 Å². The Morgan fingerprint density at radius 2 is 1.86 bits per heavy atom. The molecule has 1 heterocycles. The van der Waals surface area contributed by atoms with Gasteiger partial charge in [-0.1, -0.05) is 23.7 Å². The minimum absolute atomic E-state index is 0.229. The Balaban J connectivity index is 1.85. The zero-order valence-electron chi connectivity index (χ0n) is 15.8. The average molecular weight is 412 g/mol. The number of hydrogen-bond donors (Lipinski definition) is 1. The highest BCUT2D eigenvalue weighted by Gasteiger charge is 2.14. The smallest absolute Gasteiger partial charge is 0.337 e. The van der Waals surface area contributed by atoms with Gasteiger partial charge in [0.15, 0.2) is 0 Å². The molecule has 29 heavy (non-hydrogen) atoms. The number of aryl methyl sites for hydroxylation is 1. The summed E-state index contributed by atoms with van der Waals surface area (Å²) in [4.78, 5) is 41.0. The molecule has 2 aromatic carbocycles. The summed E-state index contributed by atoms with van der Waals surface area (Å²) in [7, 11) is 1.29. The predicted molar refractivity (Wildman–Crippen MR) is 110 cm³/mol. The largest absolute Gasteiger partial charge is 0.465 e. The van der Waals surface area contributed by atoms with Crippen molar-refractivity contribution in [3.63, 3.8) is 0 Å². The van der Waals surface area contributed by atoms with Crippen LogP contribution in [0.4, 0.5) is 5.69 Å². The van der Waals surface area contributed by atoms with Crippen LogP contribution in [0.5, 0.6) is 0 Å². The molecule has 0 bridgehead atoms. The Morgan fingerprint density at radius 1 is 1.14 bits per heavy atom. The number of halogens is 1. The molecule has 0 aliphatic heterocycles. The molecule has 0 aliphatic carbocycles. The SMILES string of the molecule is COC(=O)c1ccc(NC(=O)Cn2c(-c3cccc(Cl)c3)nc(C)cc2=O)cc1. The molecule has 1 amide bonds. The normalized spacial score (nSPS) is 10.4. The number of nitrogens with one attached hydrogen (secondary N) is 1. The molecule has 0 radical (unpaired) electrons. The maximum atomic E-state index is 12.5. The van der Waals surface area contributed by atoms with Crippen LogP contribution in [0.3, 0.4) is 0 Å². The Hall–Kier alpha value is -3.45. The van der Waals surface area contributed by atoms with Crippen LogP contribution in [0.25, 0.3) is 11.4 Å². The van der Waals surface area contributed by atoms with Gasteiger partial charge >= 0.3 is 5.97 Å². The lowest BCUT2D eigenvalue weighted by Crippen LogP contribution is -2.29. The Bertz CT molecular complexity index is 1120. The van der Waals surface area contributed by atoms with Crippen LogP contribution in [-0.2, 0) is 16.1 Å². The van der Waals surface area contributed by atoms with Crippen molar-refractivity contribution in [3.05, 3.63) is 81.2 Å². The molecule has 1 aromatic heterocycles. The van der Waals surface area contributed by atoms with Crippen molar-refractivity contribution in [2.24, 2.45) is 0 Å². The monoisotopic (exact) mass is 411 g/mol. The molecule has 1 N–H and O–H groups in total. The van der Waals surface area contributed by atoms with E-state index in [0.717, 1.165) is 0 Å². The summed E-state index contributed by atoms with van der Waals surface area (Å²) in [6, 6.07) is 14.5. The number of nitrogens with zero attached hydrogens (tertiary/aromatic N) is 2. The van der Waals surface area contributed by atoms with E-state index in [0.29, 0.717) is 33.4 Å². The van der Waals surface area contributed by atoms with Crippen molar-refractivity contribution in [1.82, 2.24) is 9.55 Å². The fourth-order valence-corrected chi connectivity index (χ4v) is 2.96. The van der Waals surface area contributed by atoms with Gasteiger partial charge in [-0.25, -0.2) is 9.78 Å². The van der Waals surface area contributed by atoms with E-state index in [-0.39, 0.29) is 12.1 Å². The van der Waals surface area contributed by atoms with Crippen molar-refractivity contribution in [1.29, 1.82) is 0 Å². The van der Waals surface area contributed by atoms with E-state index in [1.807, 2.05) is 0 Å². The third kappa shape index (κ3) is 4.89. The zero-order valence-corrected chi connectivity index (χ0v) is 16.6. The number of carbonyl (C=O) groups is 2. The van der Waals surface area contributed by atoms with Crippen LogP contribution in [0, 0.1) is 6.92 Å². The quantitative estimate of drug-likeness (QED) is 0.650. The van der Waals surface area contributed by atoms with Gasteiger partial charge < -0.3 is 10.1 Å². The summed E-state index contributed by atoms with van der Waals surface area (Å²) in [6.07, 6.45) is 0. The van der Waals surface area contributed by atoms with E-state index >= 15 is 0 Å². The first-order chi connectivity index (χ1) is 13.9. The summed E-state index contributed by atoms with van der Waals surface area (Å²) in [5.74, 6) is -0.521. The second kappa shape index (κ2) is 8.70. The van der Waals surface area contributed by atoms with Gasteiger partial charge in [0.25, 0.3) is 5.56 Å². The first kappa shape index (κ1) is 20.3. The van der Waals surface area contributed by atoms with Crippen LogP contribution >= 0.6 is 11.6 Å². The number of aromatic nitrogens is 2. The number of amides is 1. The average Bonchev–Trinajstić information content (AvgIpc) is 2.69. The topological polar surface area (TPSA) is 90.3 Å². The number of esters is 1. The van der Waals surface area contributed by atoms with Crippen molar-refractivity contribution in [2.45, 2.75) is 13.5 Å². The number of rotatable bonds is 5. The highest BCUT2D eigenvalue weighted by Crippen LogP contribution is 2.20.